The summed E-state index contributed by atoms with van der Waals surface area (Å²) in [6.45, 7) is 0. The van der Waals surface area contributed by atoms with Crippen molar-refractivity contribution in [3.05, 3.63) is 85.0 Å². The molecule has 0 radical (unpaired) electrons. The molecule has 0 atom stereocenters. The normalized spacial score (nSPS) is 11.3. The molecule has 0 saturated heterocycles. The van der Waals surface area contributed by atoms with Crippen LogP contribution in [0.25, 0.3) is 28.2 Å². The van der Waals surface area contributed by atoms with Gasteiger partial charge in [0.05, 0.1) is 28.4 Å². The molecule has 0 aliphatic heterocycles. The van der Waals surface area contributed by atoms with Crippen molar-refractivity contribution < 1.29 is 12.8 Å². The Morgan fingerprint density at radius 3 is 2.62 bits per heavy atom. The van der Waals surface area contributed by atoms with Gasteiger partial charge in [-0.1, -0.05) is 12.1 Å². The minimum atomic E-state index is -3.88. The zero-order valence-corrected chi connectivity index (χ0v) is 17.2. The number of anilines is 1. The van der Waals surface area contributed by atoms with Gasteiger partial charge in [0.15, 0.2) is 17.8 Å². The van der Waals surface area contributed by atoms with Gasteiger partial charge >= 0.3 is 0 Å². The highest BCUT2D eigenvalue weighted by Gasteiger charge is 2.18. The number of rotatable bonds is 5. The Hall–Kier alpha value is -4.49. The van der Waals surface area contributed by atoms with Crippen LogP contribution in [0.4, 0.5) is 5.82 Å². The Bertz CT molecular complexity index is 1570. The molecule has 0 fully saturated rings. The number of fused-ring (bicyclic) bond motifs is 1. The predicted octanol–water partition coefficient (Wildman–Crippen LogP) is 3.72. The number of nitrogens with zero attached hydrogens (tertiary/aromatic N) is 5. The van der Waals surface area contributed by atoms with Gasteiger partial charge in [-0.05, 0) is 42.5 Å². The third-order valence-corrected chi connectivity index (χ3v) is 6.14. The summed E-state index contributed by atoms with van der Waals surface area (Å²) in [5.74, 6) is 0.777. The second-order valence-electron chi connectivity index (χ2n) is 6.82. The number of benzene rings is 2. The molecular formula is C22H14N6O3S. The Morgan fingerprint density at radius 2 is 1.88 bits per heavy atom. The molecule has 0 bridgehead atoms. The van der Waals surface area contributed by atoms with Crippen LogP contribution in [0.1, 0.15) is 5.56 Å². The minimum absolute atomic E-state index is 0.0832. The number of sulfonamides is 1. The van der Waals surface area contributed by atoms with Crippen molar-refractivity contribution in [1.29, 1.82) is 5.26 Å². The number of hydrogen-bond acceptors (Lipinski definition) is 7. The lowest BCUT2D eigenvalue weighted by molar-refractivity contribution is 0.572. The summed E-state index contributed by atoms with van der Waals surface area (Å²) in [5.41, 5.74) is 2.97. The van der Waals surface area contributed by atoms with E-state index in [1.807, 2.05) is 6.07 Å². The third-order valence-electron chi connectivity index (χ3n) is 4.77. The van der Waals surface area contributed by atoms with Crippen LogP contribution in [0.2, 0.25) is 0 Å². The summed E-state index contributed by atoms with van der Waals surface area (Å²) in [6.07, 6.45) is 4.36. The number of aromatic nitrogens is 4. The average Bonchev–Trinajstić information content (AvgIpc) is 3.50. The first-order chi connectivity index (χ1) is 15.5. The van der Waals surface area contributed by atoms with Crippen LogP contribution >= 0.6 is 0 Å². The predicted molar refractivity (Wildman–Crippen MR) is 116 cm³/mol. The second-order valence-corrected chi connectivity index (χ2v) is 8.50. The molecule has 0 aliphatic rings. The van der Waals surface area contributed by atoms with Crippen LogP contribution in [0, 0.1) is 11.3 Å². The van der Waals surface area contributed by atoms with E-state index >= 15 is 0 Å². The zero-order valence-electron chi connectivity index (χ0n) is 16.4. The van der Waals surface area contributed by atoms with Crippen LogP contribution < -0.4 is 4.72 Å². The van der Waals surface area contributed by atoms with Gasteiger partial charge in [-0.2, -0.15) is 14.9 Å². The largest absolute Gasteiger partial charge is 0.444 e. The van der Waals surface area contributed by atoms with Gasteiger partial charge in [-0.25, -0.2) is 18.4 Å². The minimum Gasteiger partial charge on any atom is -0.444 e. The Labute approximate surface area is 182 Å². The quantitative estimate of drug-likeness (QED) is 0.439. The summed E-state index contributed by atoms with van der Waals surface area (Å²) < 4.78 is 35.1. The molecule has 32 heavy (non-hydrogen) atoms. The van der Waals surface area contributed by atoms with Crippen LogP contribution in [0.3, 0.4) is 0 Å². The van der Waals surface area contributed by atoms with E-state index in [1.54, 1.807) is 42.6 Å². The highest BCUT2D eigenvalue weighted by Crippen LogP contribution is 2.24. The lowest BCUT2D eigenvalue weighted by Gasteiger charge is -2.09. The van der Waals surface area contributed by atoms with Gasteiger partial charge in [-0.3, -0.25) is 4.72 Å². The van der Waals surface area contributed by atoms with Gasteiger partial charge in [0.25, 0.3) is 10.0 Å². The molecule has 0 aliphatic carbocycles. The van der Waals surface area contributed by atoms with E-state index in [9.17, 15) is 8.42 Å². The van der Waals surface area contributed by atoms with Gasteiger partial charge in [0, 0.05) is 23.4 Å². The SMILES string of the molecule is N#Cc1cccc(-c2cc3nccc(NS(=O)(=O)c4ccc(-c5cnco5)cc4)n3n2)c1. The summed E-state index contributed by atoms with van der Waals surface area (Å²) in [5, 5.41) is 13.6. The summed E-state index contributed by atoms with van der Waals surface area (Å²) in [4.78, 5) is 8.20. The van der Waals surface area contributed by atoms with Crippen molar-refractivity contribution in [1.82, 2.24) is 19.6 Å². The van der Waals surface area contributed by atoms with Gasteiger partial charge in [0.1, 0.15) is 5.82 Å². The maximum Gasteiger partial charge on any atom is 0.263 e. The molecule has 156 valence electrons. The molecule has 1 N–H and O–H groups in total. The Morgan fingerprint density at radius 1 is 1.03 bits per heavy atom. The molecule has 0 unspecified atom stereocenters. The second kappa shape index (κ2) is 7.64. The van der Waals surface area contributed by atoms with E-state index in [2.05, 4.69) is 25.9 Å². The van der Waals surface area contributed by atoms with Crippen molar-refractivity contribution in [2.24, 2.45) is 0 Å². The lowest BCUT2D eigenvalue weighted by atomic mass is 10.1. The first-order valence-electron chi connectivity index (χ1n) is 9.40. The maximum atomic E-state index is 13.0. The Kier molecular flexibility index (Phi) is 4.65. The number of hydrogen-bond donors (Lipinski definition) is 1. The van der Waals surface area contributed by atoms with Crippen LogP contribution in [0.5, 0.6) is 0 Å². The number of oxazole rings is 1. The van der Waals surface area contributed by atoms with Gasteiger partial charge in [-0.15, -0.1) is 0 Å². The van der Waals surface area contributed by atoms with E-state index < -0.39 is 10.0 Å². The smallest absolute Gasteiger partial charge is 0.263 e. The monoisotopic (exact) mass is 442 g/mol. The van der Waals surface area contributed by atoms with E-state index in [4.69, 9.17) is 9.68 Å². The number of nitrogens with one attached hydrogen (secondary N) is 1. The summed E-state index contributed by atoms with van der Waals surface area (Å²) in [7, 11) is -3.88. The molecule has 3 heterocycles. The first kappa shape index (κ1) is 19.5. The maximum absolute atomic E-state index is 13.0. The van der Waals surface area contributed by atoms with Crippen molar-refractivity contribution in [2.75, 3.05) is 4.72 Å². The molecule has 10 heteroatoms. The molecule has 5 aromatic rings. The number of nitriles is 1. The van der Waals surface area contributed by atoms with Crippen LogP contribution in [0.15, 0.2) is 88.8 Å². The standard InChI is InChI=1S/C22H14N6O3S/c23-12-15-2-1-3-17(10-15)19-11-22-25-9-8-21(28(22)26-19)27-32(29,30)18-6-4-16(5-7-18)20-13-24-14-31-20/h1-11,13-14,27H. The van der Waals surface area contributed by atoms with Crippen LogP contribution in [-0.2, 0) is 10.0 Å². The highest BCUT2D eigenvalue weighted by molar-refractivity contribution is 7.92. The fraction of sp³-hybridized carbons (Fsp3) is 0. The summed E-state index contributed by atoms with van der Waals surface area (Å²) >= 11 is 0. The molecule has 0 saturated carbocycles. The van der Waals surface area contributed by atoms with Crippen molar-refractivity contribution >= 4 is 21.5 Å². The van der Waals surface area contributed by atoms with Crippen molar-refractivity contribution in [2.45, 2.75) is 4.90 Å². The van der Waals surface area contributed by atoms with E-state index in [0.717, 1.165) is 5.56 Å². The van der Waals surface area contributed by atoms with E-state index in [-0.39, 0.29) is 10.7 Å². The van der Waals surface area contributed by atoms with E-state index in [0.29, 0.717) is 28.2 Å². The molecular weight excluding hydrogens is 428 g/mol. The molecule has 0 spiro atoms. The molecule has 0 amide bonds. The summed E-state index contributed by atoms with van der Waals surface area (Å²) in [6, 6.07) is 18.6. The third kappa shape index (κ3) is 3.57. The molecule has 5 rings (SSSR count). The molecule has 2 aromatic carbocycles. The van der Waals surface area contributed by atoms with Crippen molar-refractivity contribution in [3.8, 4) is 28.7 Å². The van der Waals surface area contributed by atoms with Crippen LogP contribution in [-0.4, -0.2) is 28.0 Å². The fourth-order valence-corrected chi connectivity index (χ4v) is 4.26. The first-order valence-corrected chi connectivity index (χ1v) is 10.9. The molecule has 3 aromatic heterocycles. The van der Waals surface area contributed by atoms with E-state index in [1.165, 1.54) is 35.3 Å². The molecule has 9 nitrogen and oxygen atoms in total. The fourth-order valence-electron chi connectivity index (χ4n) is 3.22. The van der Waals surface area contributed by atoms with Gasteiger partial charge < -0.3 is 4.42 Å². The zero-order chi connectivity index (χ0) is 22.1. The Balaban J connectivity index is 1.48. The van der Waals surface area contributed by atoms with Gasteiger partial charge in [0.2, 0.25) is 0 Å². The highest BCUT2D eigenvalue weighted by atomic mass is 32.2. The average molecular weight is 442 g/mol. The lowest BCUT2D eigenvalue weighted by Crippen LogP contribution is -2.15. The topological polar surface area (TPSA) is 126 Å². The van der Waals surface area contributed by atoms with Crippen molar-refractivity contribution in [3.63, 3.8) is 0 Å².